The number of halogens is 3. The lowest BCUT2D eigenvalue weighted by molar-refractivity contribution is -0.140. The molecule has 2 aliphatic carbocycles. The van der Waals surface area contributed by atoms with E-state index in [9.17, 15) is 18.0 Å². The van der Waals surface area contributed by atoms with Crippen LogP contribution in [0, 0.1) is 5.92 Å². The minimum absolute atomic E-state index is 0.0233. The maximum absolute atomic E-state index is 13.2. The zero-order valence-corrected chi connectivity index (χ0v) is 14.9. The van der Waals surface area contributed by atoms with Gasteiger partial charge in [-0.3, -0.25) is 4.79 Å². The molecule has 4 rings (SSSR count). The fraction of sp³-hybridized carbons (Fsp3) is 0.500. The molecule has 0 unspecified atom stereocenters. The van der Waals surface area contributed by atoms with Crippen molar-refractivity contribution in [2.75, 3.05) is 5.32 Å². The third kappa shape index (κ3) is 4.17. The van der Waals surface area contributed by atoms with E-state index in [0.717, 1.165) is 44.6 Å². The molecule has 2 aliphatic rings. The van der Waals surface area contributed by atoms with Gasteiger partial charge in [0.25, 0.3) is 0 Å². The topological polar surface area (TPSA) is 54.0 Å². The van der Waals surface area contributed by atoms with E-state index in [4.69, 9.17) is 0 Å². The number of fused-ring (bicyclic) bond motifs is 1. The number of benzene rings is 1. The van der Waals surface area contributed by atoms with Gasteiger partial charge < -0.3 is 10.6 Å². The fourth-order valence-corrected chi connectivity index (χ4v) is 3.78. The first-order chi connectivity index (χ1) is 12.9. The van der Waals surface area contributed by atoms with Crippen LogP contribution >= 0.6 is 0 Å². The summed E-state index contributed by atoms with van der Waals surface area (Å²) < 4.78 is 39.7. The highest BCUT2D eigenvalue weighted by atomic mass is 19.4. The Kier molecular flexibility index (Phi) is 4.70. The number of anilines is 1. The fourth-order valence-electron chi connectivity index (χ4n) is 3.78. The van der Waals surface area contributed by atoms with Crippen LogP contribution in [0.3, 0.4) is 0 Å². The Morgan fingerprint density at radius 3 is 2.56 bits per heavy atom. The van der Waals surface area contributed by atoms with Crippen LogP contribution in [0.5, 0.6) is 0 Å². The molecule has 1 amide bonds. The van der Waals surface area contributed by atoms with Crippen LogP contribution in [0.4, 0.5) is 18.9 Å². The number of nitrogens with one attached hydrogen (secondary N) is 2. The molecule has 0 saturated heterocycles. The number of alkyl halides is 3. The molecule has 27 heavy (non-hydrogen) atoms. The molecule has 7 heteroatoms. The van der Waals surface area contributed by atoms with E-state index >= 15 is 0 Å². The lowest BCUT2D eigenvalue weighted by Gasteiger charge is -2.31. The maximum atomic E-state index is 13.2. The van der Waals surface area contributed by atoms with Crippen molar-refractivity contribution in [1.29, 1.82) is 0 Å². The van der Waals surface area contributed by atoms with Crippen molar-refractivity contribution in [1.82, 2.24) is 10.3 Å². The predicted octanol–water partition coefficient (Wildman–Crippen LogP) is 4.50. The van der Waals surface area contributed by atoms with Gasteiger partial charge in [0, 0.05) is 29.1 Å². The first-order valence-electron chi connectivity index (χ1n) is 9.44. The molecule has 2 saturated carbocycles. The monoisotopic (exact) mass is 377 g/mol. The van der Waals surface area contributed by atoms with Gasteiger partial charge in [0.05, 0.1) is 5.52 Å². The van der Waals surface area contributed by atoms with Crippen LogP contribution in [0.2, 0.25) is 0 Å². The van der Waals surface area contributed by atoms with Crippen molar-refractivity contribution in [3.05, 3.63) is 36.0 Å². The van der Waals surface area contributed by atoms with Crippen LogP contribution in [0.15, 0.2) is 30.3 Å². The Balaban J connectivity index is 1.54. The van der Waals surface area contributed by atoms with E-state index in [2.05, 4.69) is 15.6 Å². The number of amides is 1. The molecule has 0 aliphatic heterocycles. The van der Waals surface area contributed by atoms with Crippen LogP contribution in [-0.4, -0.2) is 23.0 Å². The lowest BCUT2D eigenvalue weighted by Crippen LogP contribution is -2.42. The number of nitrogens with zero attached hydrogens (tertiary/aromatic N) is 1. The van der Waals surface area contributed by atoms with Crippen molar-refractivity contribution in [3.63, 3.8) is 0 Å². The van der Waals surface area contributed by atoms with Crippen molar-refractivity contribution in [3.8, 4) is 0 Å². The molecular formula is C20H22F3N3O. The molecule has 1 aromatic carbocycles. The van der Waals surface area contributed by atoms with Crippen LogP contribution in [-0.2, 0) is 11.0 Å². The van der Waals surface area contributed by atoms with Crippen molar-refractivity contribution >= 4 is 22.5 Å². The summed E-state index contributed by atoms with van der Waals surface area (Å²) in [6.45, 7) is 0. The van der Waals surface area contributed by atoms with Crippen molar-refractivity contribution in [2.45, 2.75) is 56.8 Å². The molecule has 1 aromatic heterocycles. The summed E-state index contributed by atoms with van der Waals surface area (Å²) in [5.41, 5.74) is -0.116. The summed E-state index contributed by atoms with van der Waals surface area (Å²) in [6, 6.07) is 8.05. The quantitative estimate of drug-likeness (QED) is 0.825. The Labute approximate surface area is 155 Å². The van der Waals surface area contributed by atoms with Gasteiger partial charge in [0.1, 0.15) is 5.69 Å². The van der Waals surface area contributed by atoms with E-state index in [-0.39, 0.29) is 23.9 Å². The number of para-hydroxylation sites is 1. The van der Waals surface area contributed by atoms with E-state index < -0.39 is 11.9 Å². The molecule has 4 nitrogen and oxygen atoms in total. The zero-order valence-electron chi connectivity index (χ0n) is 14.9. The second-order valence-corrected chi connectivity index (χ2v) is 7.56. The second-order valence-electron chi connectivity index (χ2n) is 7.56. The maximum Gasteiger partial charge on any atom is 0.433 e. The number of pyridine rings is 1. The van der Waals surface area contributed by atoms with Crippen LogP contribution < -0.4 is 10.6 Å². The standard InChI is InChI=1S/C20H22F3N3O/c21-20(22,23)18-11-17(15-6-1-2-7-16(15)26-18)24-13-4-3-5-14(10-13)25-19(27)12-8-9-12/h1-2,6-7,11-14H,3-5,8-10H2,(H,24,26)(H,25,27)/t13-,14+/m0/s1. The van der Waals surface area contributed by atoms with Gasteiger partial charge in [-0.25, -0.2) is 4.98 Å². The summed E-state index contributed by atoms with van der Waals surface area (Å²) in [5.74, 6) is 0.284. The van der Waals surface area contributed by atoms with Gasteiger partial charge in [0.15, 0.2) is 0 Å². The van der Waals surface area contributed by atoms with Crippen LogP contribution in [0.1, 0.15) is 44.2 Å². The Morgan fingerprint density at radius 1 is 1.07 bits per heavy atom. The number of hydrogen-bond acceptors (Lipinski definition) is 3. The van der Waals surface area contributed by atoms with Gasteiger partial charge in [0.2, 0.25) is 5.91 Å². The Bertz CT molecular complexity index is 848. The molecule has 0 bridgehead atoms. The highest BCUT2D eigenvalue weighted by Crippen LogP contribution is 2.34. The molecule has 1 heterocycles. The van der Waals surface area contributed by atoms with Gasteiger partial charge in [-0.05, 0) is 50.7 Å². The summed E-state index contributed by atoms with van der Waals surface area (Å²) in [5, 5.41) is 7.07. The minimum atomic E-state index is -4.49. The number of hydrogen-bond donors (Lipinski definition) is 2. The summed E-state index contributed by atoms with van der Waals surface area (Å²) in [4.78, 5) is 15.8. The molecule has 2 N–H and O–H groups in total. The molecule has 144 valence electrons. The number of aromatic nitrogens is 1. The SMILES string of the molecule is O=C(N[C@@H]1CCC[C@H](Nc2cc(C(F)(F)F)nc3ccccc23)C1)C1CC1. The van der Waals surface area contributed by atoms with Crippen molar-refractivity contribution in [2.24, 2.45) is 5.92 Å². The molecule has 2 fully saturated rings. The largest absolute Gasteiger partial charge is 0.433 e. The van der Waals surface area contributed by atoms with E-state index in [1.807, 2.05) is 0 Å². The molecule has 0 radical (unpaired) electrons. The Morgan fingerprint density at radius 2 is 1.81 bits per heavy atom. The van der Waals surface area contributed by atoms with Gasteiger partial charge >= 0.3 is 6.18 Å². The van der Waals surface area contributed by atoms with E-state index in [0.29, 0.717) is 16.6 Å². The first-order valence-corrected chi connectivity index (χ1v) is 9.44. The number of carbonyl (C=O) groups is 1. The smallest absolute Gasteiger partial charge is 0.382 e. The number of rotatable bonds is 4. The average Bonchev–Trinajstić information content (AvgIpc) is 3.46. The molecule has 2 aromatic rings. The van der Waals surface area contributed by atoms with Gasteiger partial charge in [-0.2, -0.15) is 13.2 Å². The van der Waals surface area contributed by atoms with Gasteiger partial charge in [-0.1, -0.05) is 18.2 Å². The number of carbonyl (C=O) groups excluding carboxylic acids is 1. The predicted molar refractivity (Wildman–Crippen MR) is 97.3 cm³/mol. The highest BCUT2D eigenvalue weighted by Gasteiger charge is 2.34. The molecule has 0 spiro atoms. The van der Waals surface area contributed by atoms with Gasteiger partial charge in [-0.15, -0.1) is 0 Å². The second kappa shape index (κ2) is 7.02. The molecular weight excluding hydrogens is 355 g/mol. The first kappa shape index (κ1) is 18.1. The zero-order chi connectivity index (χ0) is 19.0. The van der Waals surface area contributed by atoms with Crippen molar-refractivity contribution < 1.29 is 18.0 Å². The average molecular weight is 377 g/mol. The Hall–Kier alpha value is -2.31. The summed E-state index contributed by atoms with van der Waals surface area (Å²) >= 11 is 0. The summed E-state index contributed by atoms with van der Waals surface area (Å²) in [7, 11) is 0. The van der Waals surface area contributed by atoms with E-state index in [1.54, 1.807) is 24.3 Å². The lowest BCUT2D eigenvalue weighted by atomic mass is 9.90. The third-order valence-corrected chi connectivity index (χ3v) is 5.33. The third-order valence-electron chi connectivity index (χ3n) is 5.33. The summed E-state index contributed by atoms with van der Waals surface area (Å²) in [6.07, 6.45) is 0.870. The van der Waals surface area contributed by atoms with Crippen LogP contribution in [0.25, 0.3) is 10.9 Å². The molecule has 2 atom stereocenters. The minimum Gasteiger partial charge on any atom is -0.382 e. The van der Waals surface area contributed by atoms with E-state index in [1.165, 1.54) is 0 Å². The highest BCUT2D eigenvalue weighted by molar-refractivity contribution is 5.91. The normalized spacial score (nSPS) is 23.2.